The molecule has 26 heavy (non-hydrogen) atoms. The molecule has 1 unspecified atom stereocenters. The zero-order valence-electron chi connectivity index (χ0n) is 15.5. The van der Waals surface area contributed by atoms with Gasteiger partial charge in [-0.2, -0.15) is 0 Å². The van der Waals surface area contributed by atoms with Gasteiger partial charge < -0.3 is 19.5 Å². The number of piperidine rings is 1. The minimum Gasteiger partial charge on any atom is -0.493 e. The molecule has 0 spiro atoms. The largest absolute Gasteiger partial charge is 0.493 e. The number of hydrogen-bond donors (Lipinski definition) is 1. The second kappa shape index (κ2) is 7.56. The molecule has 1 aromatic carbocycles. The van der Waals surface area contributed by atoms with E-state index >= 15 is 0 Å². The Morgan fingerprint density at radius 3 is 2.58 bits per heavy atom. The molecule has 6 heteroatoms. The third-order valence-electron chi connectivity index (χ3n) is 5.51. The molecule has 1 amide bonds. The summed E-state index contributed by atoms with van der Waals surface area (Å²) in [6, 6.07) is 5.19. The highest BCUT2D eigenvalue weighted by Crippen LogP contribution is 2.34. The number of ether oxygens (including phenoxy) is 2. The van der Waals surface area contributed by atoms with Crippen LogP contribution in [0.5, 0.6) is 11.5 Å². The molecule has 1 N–H and O–H groups in total. The molecule has 1 heterocycles. The standard InChI is InChI=1S/C20H27NO5/c1-20(19(23)24)10-5-11-21(13-20)18(22)14-8-9-16(25-2)17(12-14)26-15-6-3-4-7-15/h8-9,12,15H,3-7,10-11,13H2,1-2H3,(H,23,24). The fraction of sp³-hybridized carbons (Fsp3) is 0.600. The highest BCUT2D eigenvalue weighted by molar-refractivity contribution is 5.95. The summed E-state index contributed by atoms with van der Waals surface area (Å²) < 4.78 is 11.4. The van der Waals surface area contributed by atoms with Crippen LogP contribution >= 0.6 is 0 Å². The van der Waals surface area contributed by atoms with Crippen LogP contribution < -0.4 is 9.47 Å². The van der Waals surface area contributed by atoms with Crippen molar-refractivity contribution in [3.63, 3.8) is 0 Å². The average molecular weight is 361 g/mol. The van der Waals surface area contributed by atoms with Crippen LogP contribution in [-0.2, 0) is 4.79 Å². The number of carboxylic acids is 1. The molecule has 142 valence electrons. The van der Waals surface area contributed by atoms with E-state index in [2.05, 4.69) is 0 Å². The Labute approximate surface area is 154 Å². The van der Waals surface area contributed by atoms with Crippen molar-refractivity contribution in [2.75, 3.05) is 20.2 Å². The van der Waals surface area contributed by atoms with Crippen molar-refractivity contribution in [2.24, 2.45) is 5.41 Å². The van der Waals surface area contributed by atoms with Crippen LogP contribution in [0, 0.1) is 5.41 Å². The number of hydrogen-bond acceptors (Lipinski definition) is 4. The number of benzene rings is 1. The van der Waals surface area contributed by atoms with Crippen LogP contribution in [0.4, 0.5) is 0 Å². The van der Waals surface area contributed by atoms with Crippen LogP contribution in [-0.4, -0.2) is 48.2 Å². The number of rotatable bonds is 5. The van der Waals surface area contributed by atoms with Crippen molar-refractivity contribution >= 4 is 11.9 Å². The Hall–Kier alpha value is -2.24. The quantitative estimate of drug-likeness (QED) is 0.870. The number of carbonyl (C=O) groups excluding carboxylic acids is 1. The van der Waals surface area contributed by atoms with E-state index in [0.29, 0.717) is 36.4 Å². The maximum Gasteiger partial charge on any atom is 0.311 e. The lowest BCUT2D eigenvalue weighted by Crippen LogP contribution is -2.48. The van der Waals surface area contributed by atoms with Crippen LogP contribution in [0.1, 0.15) is 55.8 Å². The van der Waals surface area contributed by atoms with Gasteiger partial charge in [-0.3, -0.25) is 9.59 Å². The van der Waals surface area contributed by atoms with Crippen molar-refractivity contribution in [1.29, 1.82) is 0 Å². The first kappa shape index (κ1) is 18.5. The van der Waals surface area contributed by atoms with Gasteiger partial charge in [0, 0.05) is 18.7 Å². The fourth-order valence-corrected chi connectivity index (χ4v) is 3.86. The zero-order chi connectivity index (χ0) is 18.7. The van der Waals surface area contributed by atoms with Gasteiger partial charge in [0.05, 0.1) is 18.6 Å². The van der Waals surface area contributed by atoms with Gasteiger partial charge in [0.1, 0.15) is 0 Å². The molecule has 1 aliphatic heterocycles. The lowest BCUT2D eigenvalue weighted by atomic mass is 9.82. The minimum atomic E-state index is -0.885. The predicted molar refractivity (Wildman–Crippen MR) is 96.8 cm³/mol. The van der Waals surface area contributed by atoms with E-state index in [0.717, 1.165) is 25.7 Å². The lowest BCUT2D eigenvalue weighted by Gasteiger charge is -2.37. The van der Waals surface area contributed by atoms with E-state index in [1.54, 1.807) is 37.1 Å². The molecule has 1 atom stereocenters. The fourth-order valence-electron chi connectivity index (χ4n) is 3.86. The van der Waals surface area contributed by atoms with E-state index < -0.39 is 11.4 Å². The molecule has 2 aliphatic rings. The Kier molecular flexibility index (Phi) is 5.39. The Morgan fingerprint density at radius 1 is 1.19 bits per heavy atom. The van der Waals surface area contributed by atoms with E-state index in [1.807, 2.05) is 0 Å². The Morgan fingerprint density at radius 2 is 1.92 bits per heavy atom. The van der Waals surface area contributed by atoms with Crippen molar-refractivity contribution in [3.8, 4) is 11.5 Å². The molecule has 1 aromatic rings. The maximum absolute atomic E-state index is 12.9. The third kappa shape index (κ3) is 3.79. The third-order valence-corrected chi connectivity index (χ3v) is 5.51. The Bertz CT molecular complexity index is 683. The van der Waals surface area contributed by atoms with Gasteiger partial charge in [0.2, 0.25) is 0 Å². The summed E-state index contributed by atoms with van der Waals surface area (Å²) in [6.07, 6.45) is 5.80. The smallest absolute Gasteiger partial charge is 0.311 e. The van der Waals surface area contributed by atoms with Gasteiger partial charge >= 0.3 is 5.97 Å². The highest BCUT2D eigenvalue weighted by Gasteiger charge is 2.39. The molecule has 0 radical (unpaired) electrons. The van der Waals surface area contributed by atoms with Crippen molar-refractivity contribution in [1.82, 2.24) is 4.90 Å². The topological polar surface area (TPSA) is 76.1 Å². The number of methoxy groups -OCH3 is 1. The predicted octanol–water partition coefficient (Wildman–Crippen LogP) is 3.34. The highest BCUT2D eigenvalue weighted by atomic mass is 16.5. The summed E-state index contributed by atoms with van der Waals surface area (Å²) in [5.74, 6) is 0.191. The zero-order valence-corrected chi connectivity index (χ0v) is 15.5. The first-order valence-electron chi connectivity index (χ1n) is 9.30. The molecule has 2 fully saturated rings. The van der Waals surface area contributed by atoms with Gasteiger partial charge in [0.25, 0.3) is 5.91 Å². The van der Waals surface area contributed by atoms with Crippen molar-refractivity contribution < 1.29 is 24.2 Å². The van der Waals surface area contributed by atoms with Crippen LogP contribution in [0.2, 0.25) is 0 Å². The summed E-state index contributed by atoms with van der Waals surface area (Å²) in [5.41, 5.74) is -0.378. The molecular weight excluding hydrogens is 334 g/mol. The molecule has 1 aliphatic carbocycles. The molecule has 0 aromatic heterocycles. The monoisotopic (exact) mass is 361 g/mol. The number of carbonyl (C=O) groups is 2. The molecule has 1 saturated heterocycles. The minimum absolute atomic E-state index is 0.156. The summed E-state index contributed by atoms with van der Waals surface area (Å²) in [7, 11) is 1.58. The van der Waals surface area contributed by atoms with Gasteiger partial charge in [-0.25, -0.2) is 0 Å². The Balaban J connectivity index is 1.79. The van der Waals surface area contributed by atoms with Crippen molar-refractivity contribution in [2.45, 2.75) is 51.6 Å². The summed E-state index contributed by atoms with van der Waals surface area (Å²) in [4.78, 5) is 26.1. The van der Waals surface area contributed by atoms with Gasteiger partial charge in [-0.15, -0.1) is 0 Å². The normalized spacial score (nSPS) is 23.7. The molecule has 3 rings (SSSR count). The van der Waals surface area contributed by atoms with E-state index in [9.17, 15) is 14.7 Å². The number of likely N-dealkylation sites (tertiary alicyclic amines) is 1. The molecular formula is C20H27NO5. The molecule has 1 saturated carbocycles. The number of amides is 1. The lowest BCUT2D eigenvalue weighted by molar-refractivity contribution is -0.150. The van der Waals surface area contributed by atoms with Crippen LogP contribution in [0.15, 0.2) is 18.2 Å². The van der Waals surface area contributed by atoms with Gasteiger partial charge in [-0.05, 0) is 63.6 Å². The maximum atomic E-state index is 12.9. The summed E-state index contributed by atoms with van der Waals surface area (Å²) >= 11 is 0. The first-order chi connectivity index (χ1) is 12.4. The number of carboxylic acid groups (broad SMARTS) is 1. The summed E-state index contributed by atoms with van der Waals surface area (Å²) in [5, 5.41) is 9.46. The van der Waals surface area contributed by atoms with Gasteiger partial charge in [0.15, 0.2) is 11.5 Å². The second-order valence-electron chi connectivity index (χ2n) is 7.59. The summed E-state index contributed by atoms with van der Waals surface area (Å²) in [6.45, 7) is 2.51. The SMILES string of the molecule is COc1ccc(C(=O)N2CCCC(C)(C(=O)O)C2)cc1OC1CCCC1. The van der Waals surface area contributed by atoms with Crippen molar-refractivity contribution in [3.05, 3.63) is 23.8 Å². The van der Waals surface area contributed by atoms with Crippen LogP contribution in [0.3, 0.4) is 0 Å². The molecule has 6 nitrogen and oxygen atoms in total. The van der Waals surface area contributed by atoms with Crippen LogP contribution in [0.25, 0.3) is 0 Å². The number of aliphatic carboxylic acids is 1. The van der Waals surface area contributed by atoms with Gasteiger partial charge in [-0.1, -0.05) is 0 Å². The van der Waals surface area contributed by atoms with E-state index in [4.69, 9.17) is 9.47 Å². The van der Waals surface area contributed by atoms with E-state index in [-0.39, 0.29) is 18.6 Å². The number of nitrogens with zero attached hydrogens (tertiary/aromatic N) is 1. The molecule has 0 bridgehead atoms. The van der Waals surface area contributed by atoms with E-state index in [1.165, 1.54) is 0 Å². The second-order valence-corrected chi connectivity index (χ2v) is 7.59. The first-order valence-corrected chi connectivity index (χ1v) is 9.30. The average Bonchev–Trinajstić information content (AvgIpc) is 3.14.